The summed E-state index contributed by atoms with van der Waals surface area (Å²) in [6, 6.07) is 7.90. The monoisotopic (exact) mass is 437 g/mol. The number of carbonyl (C=O) groups is 1. The zero-order valence-corrected chi connectivity index (χ0v) is 18.7. The number of amides is 1. The van der Waals surface area contributed by atoms with E-state index in [4.69, 9.17) is 16.1 Å². The number of carbonyl (C=O) groups excluding carboxylic acids is 1. The Labute approximate surface area is 183 Å². The van der Waals surface area contributed by atoms with Gasteiger partial charge in [0.25, 0.3) is 0 Å². The fourth-order valence-electron chi connectivity index (χ4n) is 4.74. The fourth-order valence-corrected chi connectivity index (χ4v) is 4.86. The predicted octanol–water partition coefficient (Wildman–Crippen LogP) is 4.52. The van der Waals surface area contributed by atoms with E-state index in [1.54, 1.807) is 0 Å². The van der Waals surface area contributed by atoms with Crippen molar-refractivity contribution in [3.8, 4) is 0 Å². The van der Waals surface area contributed by atoms with Crippen LogP contribution < -0.4 is 0 Å². The Morgan fingerprint density at radius 2 is 1.72 bits per heavy atom. The molecule has 0 spiro atoms. The Morgan fingerprint density at radius 3 is 2.28 bits per heavy atom. The van der Waals surface area contributed by atoms with Crippen LogP contribution in [0.15, 0.2) is 28.8 Å². The molecule has 1 aliphatic heterocycles. The number of rotatable bonds is 4. The SMILES string of the molecule is Cc1noc(C)c1CN1CCN(C(=O)C2(c3ccc(Cl)cc3)CCCC2)CC1.Cl. The van der Waals surface area contributed by atoms with Crippen molar-refractivity contribution >= 4 is 29.9 Å². The van der Waals surface area contributed by atoms with Crippen LogP contribution in [0.2, 0.25) is 5.02 Å². The summed E-state index contributed by atoms with van der Waals surface area (Å²) in [6.07, 6.45) is 4.10. The van der Waals surface area contributed by atoms with Crippen molar-refractivity contribution in [3.05, 3.63) is 51.9 Å². The van der Waals surface area contributed by atoms with E-state index in [9.17, 15) is 4.79 Å². The van der Waals surface area contributed by atoms with E-state index in [1.165, 1.54) is 5.56 Å². The standard InChI is InChI=1S/C22H28ClN3O2.ClH/c1-16-20(17(2)28-24-16)15-25-11-13-26(14-12-25)21(27)22(9-3-4-10-22)18-5-7-19(23)8-6-18;/h5-8H,3-4,9-15H2,1-2H3;1H. The molecule has 0 unspecified atom stereocenters. The van der Waals surface area contributed by atoms with Gasteiger partial charge in [-0.3, -0.25) is 9.69 Å². The van der Waals surface area contributed by atoms with E-state index in [2.05, 4.69) is 15.0 Å². The molecule has 158 valence electrons. The van der Waals surface area contributed by atoms with E-state index in [0.717, 1.165) is 80.4 Å². The topological polar surface area (TPSA) is 49.6 Å². The number of aryl methyl sites for hydroxylation is 2. The Kier molecular flexibility index (Phi) is 6.92. The van der Waals surface area contributed by atoms with E-state index < -0.39 is 0 Å². The summed E-state index contributed by atoms with van der Waals surface area (Å²) in [5.74, 6) is 1.19. The molecule has 2 fully saturated rings. The Balaban J connectivity index is 0.00000240. The molecule has 0 N–H and O–H groups in total. The van der Waals surface area contributed by atoms with Gasteiger partial charge < -0.3 is 9.42 Å². The highest BCUT2D eigenvalue weighted by molar-refractivity contribution is 6.30. The second-order valence-corrected chi connectivity index (χ2v) is 8.60. The van der Waals surface area contributed by atoms with Crippen LogP contribution in [0.1, 0.15) is 48.3 Å². The molecule has 1 saturated carbocycles. The average Bonchev–Trinajstić information content (AvgIpc) is 3.32. The van der Waals surface area contributed by atoms with Gasteiger partial charge in [0.1, 0.15) is 5.76 Å². The summed E-state index contributed by atoms with van der Waals surface area (Å²) in [7, 11) is 0. The van der Waals surface area contributed by atoms with E-state index >= 15 is 0 Å². The van der Waals surface area contributed by atoms with Crippen LogP contribution >= 0.6 is 24.0 Å². The molecule has 4 rings (SSSR count). The van der Waals surface area contributed by atoms with Crippen molar-refractivity contribution < 1.29 is 9.32 Å². The molecule has 1 aromatic heterocycles. The summed E-state index contributed by atoms with van der Waals surface area (Å²) in [5, 5.41) is 4.77. The Hall–Kier alpha value is -1.56. The highest BCUT2D eigenvalue weighted by atomic mass is 35.5. The number of benzene rings is 1. The zero-order chi connectivity index (χ0) is 19.7. The van der Waals surface area contributed by atoms with Crippen molar-refractivity contribution in [3.63, 3.8) is 0 Å². The van der Waals surface area contributed by atoms with Gasteiger partial charge in [-0.05, 0) is 44.4 Å². The Bertz CT molecular complexity index is 817. The van der Waals surface area contributed by atoms with Gasteiger partial charge >= 0.3 is 0 Å². The van der Waals surface area contributed by atoms with Crippen molar-refractivity contribution in [1.82, 2.24) is 15.0 Å². The van der Waals surface area contributed by atoms with Crippen LogP contribution in [0.3, 0.4) is 0 Å². The van der Waals surface area contributed by atoms with E-state index in [0.29, 0.717) is 5.91 Å². The molecule has 29 heavy (non-hydrogen) atoms. The first kappa shape index (κ1) is 22.1. The Morgan fingerprint density at radius 1 is 1.10 bits per heavy atom. The van der Waals surface area contributed by atoms with Gasteiger partial charge in [-0.15, -0.1) is 12.4 Å². The van der Waals surface area contributed by atoms with E-state index in [-0.39, 0.29) is 17.8 Å². The molecule has 1 amide bonds. The predicted molar refractivity (Wildman–Crippen MR) is 117 cm³/mol. The van der Waals surface area contributed by atoms with Crippen LogP contribution in [0.4, 0.5) is 0 Å². The van der Waals surface area contributed by atoms with Crippen LogP contribution in [0, 0.1) is 13.8 Å². The second kappa shape index (κ2) is 9.07. The number of halogens is 2. The molecule has 7 heteroatoms. The first-order valence-corrected chi connectivity index (χ1v) is 10.6. The third kappa shape index (κ3) is 4.32. The maximum absolute atomic E-state index is 13.6. The van der Waals surface area contributed by atoms with Crippen molar-refractivity contribution in [1.29, 1.82) is 0 Å². The smallest absolute Gasteiger partial charge is 0.233 e. The summed E-state index contributed by atoms with van der Waals surface area (Å²) in [5.41, 5.74) is 2.89. The molecule has 0 atom stereocenters. The number of piperazine rings is 1. The summed E-state index contributed by atoms with van der Waals surface area (Å²) < 4.78 is 5.28. The van der Waals surface area contributed by atoms with Crippen LogP contribution in [-0.2, 0) is 16.8 Å². The molecule has 2 heterocycles. The number of nitrogens with zero attached hydrogens (tertiary/aromatic N) is 3. The first-order chi connectivity index (χ1) is 13.5. The van der Waals surface area contributed by atoms with Gasteiger partial charge in [0.05, 0.1) is 11.1 Å². The number of hydrogen-bond acceptors (Lipinski definition) is 4. The quantitative estimate of drug-likeness (QED) is 0.704. The maximum atomic E-state index is 13.6. The number of hydrogen-bond donors (Lipinski definition) is 0. The molecule has 1 aromatic carbocycles. The van der Waals surface area contributed by atoms with Gasteiger partial charge in [-0.25, -0.2) is 0 Å². The molecule has 0 radical (unpaired) electrons. The van der Waals surface area contributed by atoms with Crippen LogP contribution in [-0.4, -0.2) is 47.0 Å². The molecule has 0 bridgehead atoms. The van der Waals surface area contributed by atoms with Crippen molar-refractivity contribution in [2.45, 2.75) is 51.5 Å². The molecule has 5 nitrogen and oxygen atoms in total. The van der Waals surface area contributed by atoms with Crippen molar-refractivity contribution in [2.75, 3.05) is 26.2 Å². The van der Waals surface area contributed by atoms with Crippen LogP contribution in [0.5, 0.6) is 0 Å². The van der Waals surface area contributed by atoms with Gasteiger partial charge in [-0.1, -0.05) is 41.7 Å². The average molecular weight is 438 g/mol. The highest BCUT2D eigenvalue weighted by Crippen LogP contribution is 2.43. The lowest BCUT2D eigenvalue weighted by atomic mass is 9.77. The third-order valence-electron chi connectivity index (χ3n) is 6.49. The van der Waals surface area contributed by atoms with E-state index in [1.807, 2.05) is 38.1 Å². The maximum Gasteiger partial charge on any atom is 0.233 e. The molecule has 1 aliphatic carbocycles. The number of aromatic nitrogens is 1. The van der Waals surface area contributed by atoms with Gasteiger partial charge in [0.15, 0.2) is 0 Å². The van der Waals surface area contributed by atoms with Gasteiger partial charge in [0, 0.05) is 43.3 Å². The lowest BCUT2D eigenvalue weighted by Gasteiger charge is -2.40. The largest absolute Gasteiger partial charge is 0.361 e. The third-order valence-corrected chi connectivity index (χ3v) is 6.74. The molecule has 2 aromatic rings. The minimum atomic E-state index is -0.367. The highest BCUT2D eigenvalue weighted by Gasteiger charge is 2.45. The second-order valence-electron chi connectivity index (χ2n) is 8.17. The molecular weight excluding hydrogens is 409 g/mol. The lowest BCUT2D eigenvalue weighted by molar-refractivity contribution is -0.139. The summed E-state index contributed by atoms with van der Waals surface area (Å²) in [4.78, 5) is 18.1. The van der Waals surface area contributed by atoms with Gasteiger partial charge in [0.2, 0.25) is 5.91 Å². The molecule has 1 saturated heterocycles. The van der Waals surface area contributed by atoms with Gasteiger partial charge in [-0.2, -0.15) is 0 Å². The normalized spacial score (nSPS) is 19.2. The molecular formula is C22H29Cl2N3O2. The lowest BCUT2D eigenvalue weighted by Crippen LogP contribution is -2.53. The first-order valence-electron chi connectivity index (χ1n) is 10.2. The minimum absolute atomic E-state index is 0. The van der Waals surface area contributed by atoms with Crippen LogP contribution in [0.25, 0.3) is 0 Å². The molecule has 2 aliphatic rings. The fraction of sp³-hybridized carbons (Fsp3) is 0.545. The zero-order valence-electron chi connectivity index (χ0n) is 17.1. The summed E-state index contributed by atoms with van der Waals surface area (Å²) in [6.45, 7) is 8.10. The van der Waals surface area contributed by atoms with Crippen molar-refractivity contribution in [2.24, 2.45) is 0 Å². The minimum Gasteiger partial charge on any atom is -0.361 e. The summed E-state index contributed by atoms with van der Waals surface area (Å²) >= 11 is 6.08.